The number of carbonyl (C=O) groups excluding carboxylic acids is 1. The van der Waals surface area contributed by atoms with Gasteiger partial charge in [-0.3, -0.25) is 4.79 Å². The summed E-state index contributed by atoms with van der Waals surface area (Å²) in [5.74, 6) is 7.18. The summed E-state index contributed by atoms with van der Waals surface area (Å²) in [6, 6.07) is 3.34. The lowest BCUT2D eigenvalue weighted by Gasteiger charge is -2.26. The smallest absolute Gasteiger partial charge is 0.251 e. The molecular weight excluding hydrogens is 240 g/mol. The predicted octanol–water partition coefficient (Wildman–Crippen LogP) is 1.92. The van der Waals surface area contributed by atoms with Crippen molar-refractivity contribution in [2.24, 2.45) is 17.7 Å². The van der Waals surface area contributed by atoms with Crippen molar-refractivity contribution in [3.05, 3.63) is 23.9 Å². The van der Waals surface area contributed by atoms with Crippen molar-refractivity contribution in [3.63, 3.8) is 0 Å². The van der Waals surface area contributed by atoms with Crippen molar-refractivity contribution < 1.29 is 4.79 Å². The van der Waals surface area contributed by atoms with Crippen LogP contribution in [0.25, 0.3) is 0 Å². The van der Waals surface area contributed by atoms with Gasteiger partial charge in [0.2, 0.25) is 0 Å². The molecule has 5 heteroatoms. The third-order valence-corrected chi connectivity index (χ3v) is 3.86. The Balaban J connectivity index is 1.83. The molecule has 0 spiro atoms. The number of nitrogen functional groups attached to an aromatic ring is 1. The zero-order valence-electron chi connectivity index (χ0n) is 11.4. The Labute approximate surface area is 114 Å². The molecule has 1 saturated carbocycles. The van der Waals surface area contributed by atoms with Gasteiger partial charge in [0.1, 0.15) is 5.82 Å². The minimum absolute atomic E-state index is 0.0579. The van der Waals surface area contributed by atoms with Gasteiger partial charge in [0, 0.05) is 18.3 Å². The van der Waals surface area contributed by atoms with Crippen LogP contribution in [0.4, 0.5) is 5.82 Å². The van der Waals surface area contributed by atoms with Crippen LogP contribution in [0.1, 0.15) is 43.0 Å². The zero-order chi connectivity index (χ0) is 13.7. The van der Waals surface area contributed by atoms with Gasteiger partial charge < -0.3 is 10.7 Å². The Morgan fingerprint density at radius 1 is 1.42 bits per heavy atom. The third-order valence-electron chi connectivity index (χ3n) is 3.86. The first-order valence-corrected chi connectivity index (χ1v) is 6.90. The highest BCUT2D eigenvalue weighted by Gasteiger charge is 2.18. The van der Waals surface area contributed by atoms with E-state index >= 15 is 0 Å². The number of carbonyl (C=O) groups is 1. The number of anilines is 1. The average Bonchev–Trinajstić information content (AvgIpc) is 2.46. The van der Waals surface area contributed by atoms with Crippen LogP contribution in [0.2, 0.25) is 0 Å². The first-order chi connectivity index (χ1) is 9.19. The number of hydrazine groups is 1. The van der Waals surface area contributed by atoms with E-state index in [4.69, 9.17) is 5.84 Å². The van der Waals surface area contributed by atoms with E-state index in [2.05, 4.69) is 22.7 Å². The van der Waals surface area contributed by atoms with E-state index in [0.717, 1.165) is 12.5 Å². The topological polar surface area (TPSA) is 80.0 Å². The Bertz CT molecular complexity index is 427. The van der Waals surface area contributed by atoms with Crippen LogP contribution in [-0.2, 0) is 0 Å². The molecule has 0 radical (unpaired) electrons. The normalized spacial score (nSPS) is 22.8. The van der Waals surface area contributed by atoms with Gasteiger partial charge in [-0.05, 0) is 36.8 Å². The fourth-order valence-electron chi connectivity index (χ4n) is 2.52. The minimum atomic E-state index is -0.0579. The first-order valence-electron chi connectivity index (χ1n) is 6.90. The molecule has 1 aromatic rings. The lowest BCUT2D eigenvalue weighted by molar-refractivity contribution is 0.0942. The Morgan fingerprint density at radius 3 is 2.84 bits per heavy atom. The van der Waals surface area contributed by atoms with Crippen LogP contribution >= 0.6 is 0 Å². The number of nitrogens with two attached hydrogens (primary N) is 1. The van der Waals surface area contributed by atoms with Crippen LogP contribution in [0.3, 0.4) is 0 Å². The molecule has 4 N–H and O–H groups in total. The molecule has 0 aliphatic heterocycles. The van der Waals surface area contributed by atoms with Crippen molar-refractivity contribution in [2.75, 3.05) is 12.0 Å². The SMILES string of the molecule is CC1CCC(CNC(=O)c2ccnc(NN)c2)CC1. The van der Waals surface area contributed by atoms with E-state index in [0.29, 0.717) is 17.3 Å². The van der Waals surface area contributed by atoms with Gasteiger partial charge in [0.25, 0.3) is 5.91 Å². The highest BCUT2D eigenvalue weighted by Crippen LogP contribution is 2.27. The number of nitrogens with one attached hydrogen (secondary N) is 2. The molecule has 0 aromatic carbocycles. The third kappa shape index (κ3) is 3.92. The fraction of sp³-hybridized carbons (Fsp3) is 0.571. The number of hydrogen-bond acceptors (Lipinski definition) is 4. The van der Waals surface area contributed by atoms with Gasteiger partial charge in [0.05, 0.1) is 0 Å². The standard InChI is InChI=1S/C14H22N4O/c1-10-2-4-11(5-3-10)9-17-14(19)12-6-7-16-13(8-12)18-15/h6-8,10-11H,2-5,9,15H2,1H3,(H,16,18)(H,17,19). The molecule has 104 valence electrons. The maximum atomic E-state index is 12.0. The molecule has 0 saturated heterocycles. The summed E-state index contributed by atoms with van der Waals surface area (Å²) >= 11 is 0. The van der Waals surface area contributed by atoms with Gasteiger partial charge in [-0.15, -0.1) is 0 Å². The lowest BCUT2D eigenvalue weighted by atomic mass is 9.83. The molecule has 1 aliphatic rings. The molecule has 1 aromatic heterocycles. The van der Waals surface area contributed by atoms with E-state index in [9.17, 15) is 4.79 Å². The van der Waals surface area contributed by atoms with Crippen molar-refractivity contribution in [1.29, 1.82) is 0 Å². The van der Waals surface area contributed by atoms with Gasteiger partial charge in [0.15, 0.2) is 0 Å². The van der Waals surface area contributed by atoms with Crippen molar-refractivity contribution in [3.8, 4) is 0 Å². The average molecular weight is 262 g/mol. The zero-order valence-corrected chi connectivity index (χ0v) is 11.4. The summed E-state index contributed by atoms with van der Waals surface area (Å²) in [5.41, 5.74) is 3.03. The quantitative estimate of drug-likeness (QED) is 0.572. The van der Waals surface area contributed by atoms with Gasteiger partial charge in [-0.25, -0.2) is 10.8 Å². The summed E-state index contributed by atoms with van der Waals surface area (Å²) in [6.07, 6.45) is 6.56. The second kappa shape index (κ2) is 6.52. The molecule has 19 heavy (non-hydrogen) atoms. The summed E-state index contributed by atoms with van der Waals surface area (Å²) in [7, 11) is 0. The number of nitrogens with zero attached hydrogens (tertiary/aromatic N) is 1. The minimum Gasteiger partial charge on any atom is -0.352 e. The van der Waals surface area contributed by atoms with E-state index in [1.54, 1.807) is 18.3 Å². The predicted molar refractivity (Wildman–Crippen MR) is 75.5 cm³/mol. The number of pyridine rings is 1. The lowest BCUT2D eigenvalue weighted by Crippen LogP contribution is -2.31. The maximum Gasteiger partial charge on any atom is 0.251 e. The summed E-state index contributed by atoms with van der Waals surface area (Å²) in [6.45, 7) is 3.06. The van der Waals surface area contributed by atoms with Crippen LogP contribution in [0, 0.1) is 11.8 Å². The second-order valence-corrected chi connectivity index (χ2v) is 5.41. The Hall–Kier alpha value is -1.62. The van der Waals surface area contributed by atoms with Gasteiger partial charge >= 0.3 is 0 Å². The Kier molecular flexibility index (Phi) is 4.74. The summed E-state index contributed by atoms with van der Waals surface area (Å²) in [5, 5.41) is 3.00. The van der Waals surface area contributed by atoms with Crippen molar-refractivity contribution >= 4 is 11.7 Å². The Morgan fingerprint density at radius 2 is 2.16 bits per heavy atom. The van der Waals surface area contributed by atoms with E-state index in [1.165, 1.54) is 25.7 Å². The van der Waals surface area contributed by atoms with E-state index in [1.807, 2.05) is 0 Å². The van der Waals surface area contributed by atoms with E-state index in [-0.39, 0.29) is 5.91 Å². The number of amides is 1. The van der Waals surface area contributed by atoms with Crippen LogP contribution in [0.15, 0.2) is 18.3 Å². The molecule has 1 amide bonds. The number of aromatic nitrogens is 1. The molecule has 1 fully saturated rings. The van der Waals surface area contributed by atoms with E-state index < -0.39 is 0 Å². The number of rotatable bonds is 4. The molecule has 0 atom stereocenters. The number of hydrogen-bond donors (Lipinski definition) is 3. The van der Waals surface area contributed by atoms with Crippen LogP contribution < -0.4 is 16.6 Å². The second-order valence-electron chi connectivity index (χ2n) is 5.41. The van der Waals surface area contributed by atoms with Gasteiger partial charge in [-0.2, -0.15) is 0 Å². The highest BCUT2D eigenvalue weighted by atomic mass is 16.1. The molecule has 2 rings (SSSR count). The van der Waals surface area contributed by atoms with Gasteiger partial charge in [-0.1, -0.05) is 19.8 Å². The molecule has 0 bridgehead atoms. The molecular formula is C14H22N4O. The van der Waals surface area contributed by atoms with Crippen LogP contribution in [-0.4, -0.2) is 17.4 Å². The molecule has 0 unspecified atom stereocenters. The van der Waals surface area contributed by atoms with Crippen molar-refractivity contribution in [1.82, 2.24) is 10.3 Å². The summed E-state index contributed by atoms with van der Waals surface area (Å²) in [4.78, 5) is 16.0. The first kappa shape index (κ1) is 13.8. The fourth-order valence-corrected chi connectivity index (χ4v) is 2.52. The molecule has 1 heterocycles. The largest absolute Gasteiger partial charge is 0.352 e. The molecule has 5 nitrogen and oxygen atoms in total. The maximum absolute atomic E-state index is 12.0. The van der Waals surface area contributed by atoms with Crippen LogP contribution in [0.5, 0.6) is 0 Å². The highest BCUT2D eigenvalue weighted by molar-refractivity contribution is 5.94. The monoisotopic (exact) mass is 262 g/mol. The molecule has 1 aliphatic carbocycles. The summed E-state index contributed by atoms with van der Waals surface area (Å²) < 4.78 is 0. The van der Waals surface area contributed by atoms with Crippen molar-refractivity contribution in [2.45, 2.75) is 32.6 Å².